The minimum atomic E-state index is -0.511. The number of rotatable bonds is 9. The van der Waals surface area contributed by atoms with E-state index in [-0.39, 0.29) is 10.8 Å². The number of carbonyl (C=O) groups is 1. The lowest BCUT2D eigenvalue weighted by Gasteiger charge is -2.04. The number of carbonyl (C=O) groups excluding carboxylic acids is 1. The first kappa shape index (κ1) is 18.1. The molecule has 0 aliphatic heterocycles. The predicted octanol–water partition coefficient (Wildman–Crippen LogP) is 5.39. The van der Waals surface area contributed by atoms with Crippen LogP contribution in [0.5, 0.6) is 5.06 Å². The molecule has 0 spiro atoms. The first-order valence-corrected chi connectivity index (χ1v) is 9.02. The lowest BCUT2D eigenvalue weighted by molar-refractivity contribution is -0.384. The number of hydrogen-bond acceptors (Lipinski definition) is 5. The fourth-order valence-electron chi connectivity index (χ4n) is 2.35. The molecule has 1 aromatic heterocycles. The quantitative estimate of drug-likeness (QED) is 0.264. The van der Waals surface area contributed by atoms with Crippen molar-refractivity contribution in [3.8, 4) is 5.06 Å². The second-order valence-corrected chi connectivity index (χ2v) is 6.51. The highest BCUT2D eigenvalue weighted by atomic mass is 32.1. The highest BCUT2D eigenvalue weighted by Crippen LogP contribution is 2.28. The molecule has 24 heavy (non-hydrogen) atoms. The van der Waals surface area contributed by atoms with E-state index < -0.39 is 10.9 Å². The molecule has 0 fully saturated rings. The number of esters is 1. The molecule has 0 unspecified atom stereocenters. The van der Waals surface area contributed by atoms with Gasteiger partial charge in [0.15, 0.2) is 5.06 Å². The van der Waals surface area contributed by atoms with Crippen molar-refractivity contribution in [1.29, 1.82) is 0 Å². The Balaban J connectivity index is 1.85. The van der Waals surface area contributed by atoms with E-state index >= 15 is 0 Å². The standard InChI is InChI=1S/C18H21NO4S/c1-2-3-4-5-6-7-14-8-10-15(11-9-14)18(20)23-17-12-16(13-24-17)19(21)22/h8-13H,2-7H2,1H3. The van der Waals surface area contributed by atoms with Gasteiger partial charge in [-0.25, -0.2) is 4.79 Å². The van der Waals surface area contributed by atoms with E-state index in [4.69, 9.17) is 4.74 Å². The van der Waals surface area contributed by atoms with Crippen LogP contribution in [-0.4, -0.2) is 10.9 Å². The summed E-state index contributed by atoms with van der Waals surface area (Å²) < 4.78 is 5.17. The maximum atomic E-state index is 12.1. The third-order valence-corrected chi connectivity index (χ3v) is 4.52. The Hall–Kier alpha value is -2.21. The number of hydrogen-bond donors (Lipinski definition) is 0. The molecular weight excluding hydrogens is 326 g/mol. The Bertz CT molecular complexity index is 679. The van der Waals surface area contributed by atoms with Crippen molar-refractivity contribution < 1.29 is 14.5 Å². The van der Waals surface area contributed by atoms with Gasteiger partial charge in [-0.2, -0.15) is 0 Å². The summed E-state index contributed by atoms with van der Waals surface area (Å²) in [4.78, 5) is 22.2. The van der Waals surface area contributed by atoms with Crippen molar-refractivity contribution >= 4 is 23.0 Å². The number of benzene rings is 1. The zero-order valence-electron chi connectivity index (χ0n) is 13.7. The molecule has 1 heterocycles. The SMILES string of the molecule is CCCCCCCc1ccc(C(=O)Oc2cc([N+](=O)[O-])cs2)cc1. The Morgan fingerprint density at radius 2 is 1.88 bits per heavy atom. The van der Waals surface area contributed by atoms with Gasteiger partial charge >= 0.3 is 5.97 Å². The maximum absolute atomic E-state index is 12.1. The lowest BCUT2D eigenvalue weighted by atomic mass is 10.0. The monoisotopic (exact) mass is 347 g/mol. The van der Waals surface area contributed by atoms with Gasteiger partial charge in [-0.15, -0.1) is 0 Å². The molecule has 0 amide bonds. The fourth-order valence-corrected chi connectivity index (χ4v) is 3.05. The molecule has 2 aromatic rings. The second kappa shape index (κ2) is 9.17. The predicted molar refractivity (Wildman–Crippen MR) is 94.8 cm³/mol. The van der Waals surface area contributed by atoms with Crippen LogP contribution in [0.15, 0.2) is 35.7 Å². The highest BCUT2D eigenvalue weighted by Gasteiger charge is 2.14. The molecule has 0 aliphatic carbocycles. The molecule has 5 nitrogen and oxygen atoms in total. The molecule has 0 aliphatic rings. The van der Waals surface area contributed by atoms with Crippen LogP contribution in [0.3, 0.4) is 0 Å². The van der Waals surface area contributed by atoms with Crippen LogP contribution < -0.4 is 4.74 Å². The van der Waals surface area contributed by atoms with Gasteiger partial charge in [0.05, 0.1) is 21.9 Å². The number of ether oxygens (including phenoxy) is 1. The fraction of sp³-hybridized carbons (Fsp3) is 0.389. The first-order valence-electron chi connectivity index (χ1n) is 8.14. The molecule has 0 saturated heterocycles. The Morgan fingerprint density at radius 1 is 1.17 bits per heavy atom. The molecule has 1 aromatic carbocycles. The van der Waals surface area contributed by atoms with Gasteiger partial charge in [0.25, 0.3) is 5.69 Å². The zero-order valence-corrected chi connectivity index (χ0v) is 14.5. The van der Waals surface area contributed by atoms with Crippen LogP contribution in [0.4, 0.5) is 5.69 Å². The third-order valence-electron chi connectivity index (χ3n) is 3.72. The van der Waals surface area contributed by atoms with Crippen molar-refractivity contribution in [2.45, 2.75) is 45.4 Å². The second-order valence-electron chi connectivity index (χ2n) is 5.63. The summed E-state index contributed by atoms with van der Waals surface area (Å²) in [7, 11) is 0. The van der Waals surface area contributed by atoms with Crippen molar-refractivity contribution in [2.75, 3.05) is 0 Å². The van der Waals surface area contributed by atoms with Crippen LogP contribution in [0.25, 0.3) is 0 Å². The van der Waals surface area contributed by atoms with Crippen LogP contribution >= 0.6 is 11.3 Å². The zero-order chi connectivity index (χ0) is 17.4. The van der Waals surface area contributed by atoms with E-state index in [1.807, 2.05) is 12.1 Å². The van der Waals surface area contributed by atoms with Gasteiger partial charge in [-0.05, 0) is 30.5 Å². The summed E-state index contributed by atoms with van der Waals surface area (Å²) in [5.74, 6) is -0.499. The van der Waals surface area contributed by atoms with Crippen molar-refractivity contribution in [2.24, 2.45) is 0 Å². The van der Waals surface area contributed by atoms with E-state index in [1.54, 1.807) is 12.1 Å². The van der Waals surface area contributed by atoms with Crippen molar-refractivity contribution in [3.05, 3.63) is 57.0 Å². The number of aryl methyl sites for hydroxylation is 1. The summed E-state index contributed by atoms with van der Waals surface area (Å²) >= 11 is 1.04. The molecule has 0 N–H and O–H groups in total. The summed E-state index contributed by atoms with van der Waals surface area (Å²) in [6, 6.07) is 8.62. The first-order chi connectivity index (χ1) is 11.6. The Kier molecular flexibility index (Phi) is 6.93. The Morgan fingerprint density at radius 3 is 2.50 bits per heavy atom. The highest BCUT2D eigenvalue weighted by molar-refractivity contribution is 7.12. The van der Waals surface area contributed by atoms with E-state index in [1.165, 1.54) is 42.7 Å². The molecule has 6 heteroatoms. The van der Waals surface area contributed by atoms with E-state index in [2.05, 4.69) is 6.92 Å². The molecule has 0 saturated carbocycles. The number of unbranched alkanes of at least 4 members (excludes halogenated alkanes) is 4. The number of nitrogens with zero attached hydrogens (tertiary/aromatic N) is 1. The van der Waals surface area contributed by atoms with Gasteiger partial charge in [-0.1, -0.05) is 56.1 Å². The largest absolute Gasteiger partial charge is 0.412 e. The Labute approximate surface area is 145 Å². The summed E-state index contributed by atoms with van der Waals surface area (Å²) in [5, 5.41) is 12.2. The normalized spacial score (nSPS) is 10.5. The minimum Gasteiger partial charge on any atom is -0.412 e. The average Bonchev–Trinajstić information content (AvgIpc) is 3.04. The van der Waals surface area contributed by atoms with Crippen LogP contribution in [0, 0.1) is 10.1 Å². The molecule has 0 radical (unpaired) electrons. The average molecular weight is 347 g/mol. The van der Waals surface area contributed by atoms with Crippen LogP contribution in [0.2, 0.25) is 0 Å². The topological polar surface area (TPSA) is 69.4 Å². The van der Waals surface area contributed by atoms with E-state index in [9.17, 15) is 14.9 Å². The van der Waals surface area contributed by atoms with Gasteiger partial charge in [0.2, 0.25) is 0 Å². The van der Waals surface area contributed by atoms with Gasteiger partial charge in [0, 0.05) is 0 Å². The minimum absolute atomic E-state index is 0.0683. The third kappa shape index (κ3) is 5.45. The molecular formula is C18H21NO4S. The smallest absolute Gasteiger partial charge is 0.344 e. The van der Waals surface area contributed by atoms with Crippen LogP contribution in [-0.2, 0) is 6.42 Å². The molecule has 0 bridgehead atoms. The number of nitro groups is 1. The van der Waals surface area contributed by atoms with Gasteiger partial charge in [0.1, 0.15) is 0 Å². The van der Waals surface area contributed by atoms with E-state index in [0.29, 0.717) is 5.56 Å². The maximum Gasteiger partial charge on any atom is 0.344 e. The molecule has 2 rings (SSSR count). The summed E-state index contributed by atoms with van der Waals surface area (Å²) in [5.41, 5.74) is 1.58. The van der Waals surface area contributed by atoms with Crippen molar-refractivity contribution in [3.63, 3.8) is 0 Å². The molecule has 0 atom stereocenters. The summed E-state index contributed by atoms with van der Waals surface area (Å²) in [6.45, 7) is 2.20. The van der Waals surface area contributed by atoms with Crippen LogP contribution in [0.1, 0.15) is 54.9 Å². The van der Waals surface area contributed by atoms with E-state index in [0.717, 1.165) is 24.2 Å². The van der Waals surface area contributed by atoms with Gasteiger partial charge < -0.3 is 4.74 Å². The van der Waals surface area contributed by atoms with Crippen molar-refractivity contribution in [1.82, 2.24) is 0 Å². The lowest BCUT2D eigenvalue weighted by Crippen LogP contribution is -2.07. The van der Waals surface area contributed by atoms with Gasteiger partial charge in [-0.3, -0.25) is 10.1 Å². The number of thiophene rings is 1. The molecule has 128 valence electrons. The summed E-state index contributed by atoms with van der Waals surface area (Å²) in [6.07, 6.45) is 7.19.